The predicted molar refractivity (Wildman–Crippen MR) is 95.0 cm³/mol. The Morgan fingerprint density at radius 2 is 2.28 bits per heavy atom. The van der Waals surface area contributed by atoms with Crippen LogP contribution in [0.2, 0.25) is 5.02 Å². The first-order valence-corrected chi connectivity index (χ1v) is 8.26. The number of anilines is 1. The zero-order valence-electron chi connectivity index (χ0n) is 13.5. The molecule has 1 aromatic heterocycles. The van der Waals surface area contributed by atoms with Crippen LogP contribution in [-0.4, -0.2) is 24.0 Å². The molecule has 1 aliphatic rings. The molecule has 0 bridgehead atoms. The molecule has 0 saturated carbocycles. The Labute approximate surface area is 149 Å². The number of oxazole rings is 1. The molecule has 2 heterocycles. The van der Waals surface area contributed by atoms with Gasteiger partial charge >= 0.3 is 0 Å². The summed E-state index contributed by atoms with van der Waals surface area (Å²) in [6.45, 7) is 0.227. The second-order valence-electron chi connectivity index (χ2n) is 5.86. The first-order valence-electron chi connectivity index (χ1n) is 7.88. The molecular weight excluding hydrogens is 342 g/mol. The molecule has 1 atom stereocenters. The Hall–Kier alpha value is -2.73. The molecule has 1 unspecified atom stereocenters. The fourth-order valence-corrected chi connectivity index (χ4v) is 3.13. The number of nitrogens with zero attached hydrogens (tertiary/aromatic N) is 1. The lowest BCUT2D eigenvalue weighted by atomic mass is 10.1. The van der Waals surface area contributed by atoms with E-state index in [0.29, 0.717) is 34.2 Å². The molecule has 6 nitrogen and oxygen atoms in total. The van der Waals surface area contributed by atoms with Crippen LogP contribution >= 0.6 is 11.6 Å². The van der Waals surface area contributed by atoms with Gasteiger partial charge in [-0.25, -0.2) is 4.98 Å². The summed E-state index contributed by atoms with van der Waals surface area (Å²) >= 11 is 5.99. The van der Waals surface area contributed by atoms with Gasteiger partial charge in [0.05, 0.1) is 13.7 Å². The van der Waals surface area contributed by atoms with E-state index in [1.54, 1.807) is 31.4 Å². The number of ether oxygens (including phenoxy) is 1. The van der Waals surface area contributed by atoms with Crippen molar-refractivity contribution in [1.82, 2.24) is 10.3 Å². The lowest BCUT2D eigenvalue weighted by Crippen LogP contribution is -2.38. The summed E-state index contributed by atoms with van der Waals surface area (Å²) in [6, 6.07) is 10.7. The topological polar surface area (TPSA) is 76.4 Å². The summed E-state index contributed by atoms with van der Waals surface area (Å²) in [6.07, 6.45) is 0.604. The van der Waals surface area contributed by atoms with Gasteiger partial charge in [0.25, 0.3) is 0 Å². The lowest BCUT2D eigenvalue weighted by molar-refractivity contribution is -0.122. The Bertz CT molecular complexity index is 954. The van der Waals surface area contributed by atoms with Crippen molar-refractivity contribution in [3.8, 4) is 5.75 Å². The Morgan fingerprint density at radius 3 is 3.12 bits per heavy atom. The zero-order chi connectivity index (χ0) is 17.4. The molecule has 0 radical (unpaired) electrons. The molecular formula is C18H16ClN3O3. The van der Waals surface area contributed by atoms with Gasteiger partial charge in [-0.2, -0.15) is 0 Å². The van der Waals surface area contributed by atoms with Crippen LogP contribution < -0.4 is 15.4 Å². The highest BCUT2D eigenvalue weighted by molar-refractivity contribution is 6.30. The molecule has 2 aromatic carbocycles. The van der Waals surface area contributed by atoms with Crippen LogP contribution in [0.5, 0.6) is 5.75 Å². The van der Waals surface area contributed by atoms with Gasteiger partial charge in [0.1, 0.15) is 17.3 Å². The van der Waals surface area contributed by atoms with Gasteiger partial charge in [-0.3, -0.25) is 4.79 Å². The first-order chi connectivity index (χ1) is 12.1. The average Bonchev–Trinajstić information content (AvgIpc) is 3.21. The number of nitrogens with one attached hydrogen (secondary N) is 2. The van der Waals surface area contributed by atoms with Crippen LogP contribution in [0.25, 0.3) is 11.1 Å². The van der Waals surface area contributed by atoms with Gasteiger partial charge < -0.3 is 19.8 Å². The van der Waals surface area contributed by atoms with E-state index < -0.39 is 0 Å². The van der Waals surface area contributed by atoms with Gasteiger partial charge in [-0.05, 0) is 35.9 Å². The van der Waals surface area contributed by atoms with Gasteiger partial charge in [0.15, 0.2) is 5.58 Å². The molecule has 4 rings (SSSR count). The number of amides is 1. The quantitative estimate of drug-likeness (QED) is 0.750. The number of methoxy groups -OCH3 is 1. The zero-order valence-corrected chi connectivity index (χ0v) is 14.3. The standard InChI is InChI=1S/C18H16ClN3O3/c1-24-12-3-5-16-14(8-12)22-17(25-16)9-20-18(23)15-7-10-6-11(19)2-4-13(10)21-15/h2-6,8,15,21H,7,9H2,1H3,(H,20,23). The maximum Gasteiger partial charge on any atom is 0.243 e. The van der Waals surface area contributed by atoms with Crippen molar-refractivity contribution in [2.75, 3.05) is 12.4 Å². The highest BCUT2D eigenvalue weighted by Crippen LogP contribution is 2.28. The van der Waals surface area contributed by atoms with Gasteiger partial charge in [-0.1, -0.05) is 11.6 Å². The molecule has 25 heavy (non-hydrogen) atoms. The van der Waals surface area contributed by atoms with Crippen molar-refractivity contribution >= 4 is 34.3 Å². The van der Waals surface area contributed by atoms with Crippen LogP contribution in [0.4, 0.5) is 5.69 Å². The lowest BCUT2D eigenvalue weighted by Gasteiger charge is -2.10. The number of carbonyl (C=O) groups is 1. The molecule has 0 fully saturated rings. The Morgan fingerprint density at radius 1 is 1.40 bits per heavy atom. The first kappa shape index (κ1) is 15.8. The number of hydrogen-bond acceptors (Lipinski definition) is 5. The summed E-state index contributed by atoms with van der Waals surface area (Å²) in [5.74, 6) is 1.06. The molecule has 1 amide bonds. The third-order valence-corrected chi connectivity index (χ3v) is 4.43. The third kappa shape index (κ3) is 3.13. The van der Waals surface area contributed by atoms with E-state index in [2.05, 4.69) is 15.6 Å². The summed E-state index contributed by atoms with van der Waals surface area (Å²) < 4.78 is 10.8. The highest BCUT2D eigenvalue weighted by atomic mass is 35.5. The molecule has 128 valence electrons. The molecule has 1 aliphatic heterocycles. The monoisotopic (exact) mass is 357 g/mol. The van der Waals surface area contributed by atoms with Crippen molar-refractivity contribution in [3.05, 3.63) is 52.9 Å². The van der Waals surface area contributed by atoms with Crippen molar-refractivity contribution in [1.29, 1.82) is 0 Å². The fourth-order valence-electron chi connectivity index (χ4n) is 2.93. The van der Waals surface area contributed by atoms with Crippen LogP contribution in [-0.2, 0) is 17.8 Å². The van der Waals surface area contributed by atoms with Crippen molar-refractivity contribution < 1.29 is 13.9 Å². The smallest absolute Gasteiger partial charge is 0.243 e. The largest absolute Gasteiger partial charge is 0.497 e. The van der Waals surface area contributed by atoms with E-state index in [-0.39, 0.29) is 18.5 Å². The second-order valence-corrected chi connectivity index (χ2v) is 6.30. The van der Waals surface area contributed by atoms with Crippen LogP contribution in [0.3, 0.4) is 0 Å². The average molecular weight is 358 g/mol. The Balaban J connectivity index is 1.41. The van der Waals surface area contributed by atoms with E-state index in [1.807, 2.05) is 12.1 Å². The summed E-state index contributed by atoms with van der Waals surface area (Å²) in [5.41, 5.74) is 3.34. The minimum absolute atomic E-state index is 0.104. The molecule has 2 N–H and O–H groups in total. The highest BCUT2D eigenvalue weighted by Gasteiger charge is 2.26. The van der Waals surface area contributed by atoms with Crippen molar-refractivity contribution in [3.63, 3.8) is 0 Å². The van der Waals surface area contributed by atoms with Gasteiger partial charge in [0, 0.05) is 23.2 Å². The number of carbonyl (C=O) groups excluding carboxylic acids is 1. The number of benzene rings is 2. The fraction of sp³-hybridized carbons (Fsp3) is 0.222. The number of aromatic nitrogens is 1. The van der Waals surface area contributed by atoms with Crippen molar-refractivity contribution in [2.24, 2.45) is 0 Å². The molecule has 0 aliphatic carbocycles. The van der Waals surface area contributed by atoms with E-state index in [0.717, 1.165) is 11.3 Å². The molecule has 3 aromatic rings. The van der Waals surface area contributed by atoms with E-state index in [9.17, 15) is 4.79 Å². The van der Waals surface area contributed by atoms with Crippen molar-refractivity contribution in [2.45, 2.75) is 19.0 Å². The normalized spacial score (nSPS) is 15.7. The molecule has 7 heteroatoms. The number of hydrogen-bond donors (Lipinski definition) is 2. The van der Waals surface area contributed by atoms with Crippen LogP contribution in [0.15, 0.2) is 40.8 Å². The molecule has 0 saturated heterocycles. The second kappa shape index (κ2) is 6.29. The van der Waals surface area contributed by atoms with Gasteiger partial charge in [-0.15, -0.1) is 0 Å². The van der Waals surface area contributed by atoms with Crippen LogP contribution in [0, 0.1) is 0 Å². The summed E-state index contributed by atoms with van der Waals surface area (Å²) in [5, 5.41) is 6.73. The Kier molecular flexibility index (Phi) is 3.97. The number of halogens is 1. The minimum Gasteiger partial charge on any atom is -0.497 e. The molecule has 0 spiro atoms. The SMILES string of the molecule is COc1ccc2oc(CNC(=O)C3Cc4cc(Cl)ccc4N3)nc2c1. The maximum absolute atomic E-state index is 12.4. The van der Waals surface area contributed by atoms with Crippen LogP contribution in [0.1, 0.15) is 11.5 Å². The van der Waals surface area contributed by atoms with E-state index in [4.69, 9.17) is 20.8 Å². The minimum atomic E-state index is -0.321. The predicted octanol–water partition coefficient (Wildman–Crippen LogP) is 3.14. The van der Waals surface area contributed by atoms with Gasteiger partial charge in [0.2, 0.25) is 11.8 Å². The van der Waals surface area contributed by atoms with E-state index >= 15 is 0 Å². The van der Waals surface area contributed by atoms with E-state index in [1.165, 1.54) is 0 Å². The summed E-state index contributed by atoms with van der Waals surface area (Å²) in [4.78, 5) is 16.8. The number of fused-ring (bicyclic) bond motifs is 2. The summed E-state index contributed by atoms with van der Waals surface area (Å²) in [7, 11) is 1.60. The third-order valence-electron chi connectivity index (χ3n) is 4.19. The maximum atomic E-state index is 12.4. The number of rotatable bonds is 4.